The van der Waals surface area contributed by atoms with Gasteiger partial charge in [0.1, 0.15) is 0 Å². The molecule has 2 N–H and O–H groups in total. The molecule has 8 bridgehead atoms. The third-order valence-electron chi connectivity index (χ3n) is 17.4. The van der Waals surface area contributed by atoms with Crippen molar-refractivity contribution in [3.63, 3.8) is 0 Å². The lowest BCUT2D eigenvalue weighted by Gasteiger charge is -2.26. The molecule has 0 fully saturated rings. The van der Waals surface area contributed by atoms with E-state index in [9.17, 15) is 0 Å². The fourth-order valence-corrected chi connectivity index (χ4v) is 13.7. The van der Waals surface area contributed by atoms with Crippen molar-refractivity contribution in [3.05, 3.63) is 335 Å². The molecular weight excluding hydrogens is 1150 g/mol. The van der Waals surface area contributed by atoms with Crippen LogP contribution in [0.15, 0.2) is 279 Å². The van der Waals surface area contributed by atoms with Crippen LogP contribution in [0.25, 0.3) is 68.1 Å². The van der Waals surface area contributed by atoms with E-state index in [1.54, 1.807) is 0 Å². The summed E-state index contributed by atoms with van der Waals surface area (Å²) < 4.78 is 0. The van der Waals surface area contributed by atoms with Gasteiger partial charge in [-0.15, -0.1) is 0 Å². The van der Waals surface area contributed by atoms with Gasteiger partial charge in [0.15, 0.2) is 22.9 Å². The van der Waals surface area contributed by atoms with Gasteiger partial charge in [-0.25, -0.2) is 19.9 Å². The van der Waals surface area contributed by atoms with Gasteiger partial charge in [-0.1, -0.05) is 181 Å². The van der Waals surface area contributed by atoms with Crippen LogP contribution >= 0.6 is 0 Å². The highest BCUT2D eigenvalue weighted by Gasteiger charge is 2.31. The number of H-pyrrole nitrogens is 2. The number of aryl methyl sites for hydroxylation is 6. The smallest absolute Gasteiger partial charge is 0.179 e. The zero-order valence-electron chi connectivity index (χ0n) is 53.3. The van der Waals surface area contributed by atoms with Crippen molar-refractivity contribution in [2.75, 3.05) is 19.6 Å². The molecule has 0 aliphatic carbocycles. The first-order valence-electron chi connectivity index (χ1n) is 31.9. The Morgan fingerprint density at radius 1 is 0.255 bits per heavy atom. The van der Waals surface area contributed by atoms with E-state index in [-0.39, 0.29) is 0 Å². The Bertz CT molecular complexity index is 4650. The second-order valence-corrected chi connectivity index (χ2v) is 24.1. The number of rotatable bonds is 14. The Morgan fingerprint density at radius 3 is 0.734 bits per heavy atom. The summed E-state index contributed by atoms with van der Waals surface area (Å²) in [6.45, 7) is 13.1. The molecule has 10 heteroatoms. The van der Waals surface area contributed by atoms with Crippen molar-refractivity contribution < 1.29 is 0 Å². The lowest BCUT2D eigenvalue weighted by Crippen LogP contribution is -2.15. The van der Waals surface area contributed by atoms with Crippen molar-refractivity contribution in [1.29, 1.82) is 0 Å². The first-order chi connectivity index (χ1) is 46.1. The molecule has 0 amide bonds. The van der Waals surface area contributed by atoms with Gasteiger partial charge >= 0.3 is 0 Å². The SMILES string of the molecule is Cc1cc(C)c(-c2c3nc(nc4[nH]c(cc4N(c4ccccc4)c4ccccc4)c(-c4c(C)cc(C)cc4C)c4nc(nc5[nH]c2cc5N(c2ccccc2)c2ccccc2)C(N(c2ccccc2)c2ccccc2)=C4)C(N(c2ccccc2)c2ccccc2)=C3)c(C)c1. The molecule has 0 spiro atoms. The van der Waals surface area contributed by atoms with Crippen LogP contribution < -0.4 is 19.6 Å². The van der Waals surface area contributed by atoms with Gasteiger partial charge in [-0.05, 0) is 196 Å². The molecule has 10 aromatic carbocycles. The van der Waals surface area contributed by atoms with Crippen LogP contribution in [0.2, 0.25) is 0 Å². The number of aromatic amines is 2. The number of fused-ring (bicyclic) bond motifs is 8. The zero-order chi connectivity index (χ0) is 63.8. The number of hydrogen-bond donors (Lipinski definition) is 2. The second kappa shape index (κ2) is 24.9. The van der Waals surface area contributed by atoms with E-state index in [1.807, 2.05) is 0 Å². The van der Waals surface area contributed by atoms with Crippen LogP contribution in [-0.2, 0) is 0 Å². The highest BCUT2D eigenvalue weighted by molar-refractivity contribution is 6.06. The highest BCUT2D eigenvalue weighted by Crippen LogP contribution is 2.48. The molecular formula is C84H68N10. The summed E-state index contributed by atoms with van der Waals surface area (Å²) in [6.07, 6.45) is 4.45. The van der Waals surface area contributed by atoms with Crippen LogP contribution in [0.3, 0.4) is 0 Å². The number of nitrogens with one attached hydrogen (secondary N) is 2. The molecule has 5 heterocycles. The number of benzene rings is 10. The van der Waals surface area contributed by atoms with E-state index in [0.717, 1.165) is 135 Å². The van der Waals surface area contributed by atoms with E-state index >= 15 is 0 Å². The number of anilines is 10. The monoisotopic (exact) mass is 1220 g/mol. The average molecular weight is 1220 g/mol. The minimum atomic E-state index is 0.499. The summed E-state index contributed by atoms with van der Waals surface area (Å²) >= 11 is 0. The quantitative estimate of drug-likeness (QED) is 0.111. The lowest BCUT2D eigenvalue weighted by atomic mass is 9.92. The Labute approximate surface area is 548 Å². The molecule has 2 aliphatic heterocycles. The maximum Gasteiger partial charge on any atom is 0.179 e. The third kappa shape index (κ3) is 11.1. The van der Waals surface area contributed by atoms with Gasteiger partial charge in [0.2, 0.25) is 0 Å². The van der Waals surface area contributed by atoms with E-state index in [1.165, 1.54) is 0 Å². The number of nitrogens with zero attached hydrogens (tertiary/aromatic N) is 8. The topological polar surface area (TPSA) is 96.1 Å². The van der Waals surface area contributed by atoms with Gasteiger partial charge < -0.3 is 29.6 Å². The molecule has 13 aromatic rings. The first-order valence-corrected chi connectivity index (χ1v) is 31.9. The zero-order valence-corrected chi connectivity index (χ0v) is 53.3. The van der Waals surface area contributed by atoms with Gasteiger partial charge in [0, 0.05) is 56.6 Å². The molecule has 454 valence electrons. The Balaban J connectivity index is 1.19. The standard InChI is InChI=1S/C84H68N10/c1-55-47-57(3)77(58(4)48-55)79-69-51-73(91(61-31-15-7-16-32-61)62-33-17-8-18-34-62)81(85-69)89-83-75(93(65-39-23-11-24-40-65)66-41-25-12-26-42-66)53-71(87-83)80(78-59(5)49-56(2)50-60(78)6)72-54-76(94(67-43-27-13-28-44-67)68-45-29-14-30-46-68)84(88-72)90-82-74(52-70(79)86-82)92(63-35-19-9-20-36-63)64-37-21-10-22-38-64/h7-54H,1-6H3,(H,85,87,89)(H,86,88,90). The largest absolute Gasteiger partial charge is 0.338 e. The molecule has 94 heavy (non-hydrogen) atoms. The molecule has 0 saturated carbocycles. The minimum absolute atomic E-state index is 0.499. The van der Waals surface area contributed by atoms with E-state index < -0.39 is 0 Å². The molecule has 3 aromatic heterocycles. The van der Waals surface area contributed by atoms with Crippen molar-refractivity contribution in [2.45, 2.75) is 41.5 Å². The Kier molecular flexibility index (Phi) is 15.4. The molecule has 0 saturated heterocycles. The lowest BCUT2D eigenvalue weighted by molar-refractivity contribution is 1.13. The second-order valence-electron chi connectivity index (χ2n) is 24.1. The summed E-state index contributed by atoms with van der Waals surface area (Å²) in [5, 5.41) is 0. The highest BCUT2D eigenvalue weighted by atomic mass is 15.2. The van der Waals surface area contributed by atoms with E-state index in [2.05, 4.69) is 362 Å². The predicted octanol–water partition coefficient (Wildman–Crippen LogP) is 21.9. The number of aromatic nitrogens is 6. The molecule has 2 aliphatic rings. The fraction of sp³-hybridized carbons (Fsp3) is 0.0714. The average Bonchev–Trinajstić information content (AvgIpc) is 1.58. The molecule has 10 nitrogen and oxygen atoms in total. The van der Waals surface area contributed by atoms with Crippen molar-refractivity contribution in [2.24, 2.45) is 0 Å². The van der Waals surface area contributed by atoms with Gasteiger partial charge in [0.05, 0.1) is 45.2 Å². The van der Waals surface area contributed by atoms with Crippen LogP contribution in [0.5, 0.6) is 0 Å². The van der Waals surface area contributed by atoms with Crippen LogP contribution in [0.4, 0.5) is 56.9 Å². The summed E-state index contributed by atoms with van der Waals surface area (Å²) in [5.74, 6) is 0.998. The molecule has 0 unspecified atom stereocenters. The normalized spacial score (nSPS) is 11.9. The Hall–Kier alpha value is -12.1. The van der Waals surface area contributed by atoms with Crippen LogP contribution in [-0.4, -0.2) is 29.9 Å². The van der Waals surface area contributed by atoms with E-state index in [4.69, 9.17) is 19.9 Å². The predicted molar refractivity (Wildman–Crippen MR) is 391 cm³/mol. The summed E-state index contributed by atoms with van der Waals surface area (Å²) in [6, 6.07) is 97.8. The van der Waals surface area contributed by atoms with Crippen molar-refractivity contribution in [1.82, 2.24) is 29.9 Å². The first kappa shape index (κ1) is 58.2. The molecule has 0 radical (unpaired) electrons. The summed E-state index contributed by atoms with van der Waals surface area (Å²) in [5.41, 5.74) is 25.5. The Morgan fingerprint density at radius 2 is 0.489 bits per heavy atom. The van der Waals surface area contributed by atoms with Crippen LogP contribution in [0.1, 0.15) is 56.4 Å². The number of hydrogen-bond acceptors (Lipinski definition) is 8. The van der Waals surface area contributed by atoms with E-state index in [0.29, 0.717) is 34.3 Å². The maximum absolute atomic E-state index is 6.00. The fourth-order valence-electron chi connectivity index (χ4n) is 13.7. The van der Waals surface area contributed by atoms with Crippen molar-refractivity contribution in [3.8, 4) is 22.3 Å². The van der Waals surface area contributed by atoms with Gasteiger partial charge in [-0.2, -0.15) is 0 Å². The van der Waals surface area contributed by atoms with Gasteiger partial charge in [0.25, 0.3) is 0 Å². The summed E-state index contributed by atoms with van der Waals surface area (Å²) in [7, 11) is 0. The van der Waals surface area contributed by atoms with Crippen LogP contribution in [0, 0.1) is 41.5 Å². The van der Waals surface area contributed by atoms with Crippen molar-refractivity contribution >= 4 is 103 Å². The minimum Gasteiger partial charge on any atom is -0.338 e. The number of para-hydroxylation sites is 8. The molecule has 15 rings (SSSR count). The maximum atomic E-state index is 6.00. The molecule has 0 atom stereocenters. The third-order valence-corrected chi connectivity index (χ3v) is 17.4. The summed E-state index contributed by atoms with van der Waals surface area (Å²) in [4.78, 5) is 41.1. The van der Waals surface area contributed by atoms with Gasteiger partial charge in [-0.3, -0.25) is 0 Å².